The quantitative estimate of drug-likeness (QED) is 0.686. The highest BCUT2D eigenvalue weighted by molar-refractivity contribution is 5.42. The molecule has 0 bridgehead atoms. The second-order valence-corrected chi connectivity index (χ2v) is 6.01. The van der Waals surface area contributed by atoms with E-state index in [-0.39, 0.29) is 0 Å². The van der Waals surface area contributed by atoms with Crippen LogP contribution in [0.25, 0.3) is 0 Å². The Bertz CT molecular complexity index is 464. The van der Waals surface area contributed by atoms with E-state index in [1.165, 1.54) is 25.7 Å². The number of nitrogens with zero attached hydrogens (tertiary/aromatic N) is 3. The summed E-state index contributed by atoms with van der Waals surface area (Å²) in [4.78, 5) is 11.4. The molecule has 0 atom stereocenters. The van der Waals surface area contributed by atoms with E-state index < -0.39 is 0 Å². The standard InChI is InChI=1S/C18H30N4/c1-3-14-22(15-4-2)17-11-13-20-18(21-17)19-12-10-16-8-6-5-7-9-16/h8,11,13H,3-7,9-10,12,14-15H2,1-2H3,(H,19,20,21). The van der Waals surface area contributed by atoms with Crippen molar-refractivity contribution in [2.45, 2.75) is 58.8 Å². The summed E-state index contributed by atoms with van der Waals surface area (Å²) >= 11 is 0. The normalized spacial score (nSPS) is 14.5. The van der Waals surface area contributed by atoms with Crippen LogP contribution in [0, 0.1) is 0 Å². The van der Waals surface area contributed by atoms with E-state index in [1.54, 1.807) is 5.57 Å². The van der Waals surface area contributed by atoms with Crippen molar-refractivity contribution < 1.29 is 0 Å². The second-order valence-electron chi connectivity index (χ2n) is 6.01. The van der Waals surface area contributed by atoms with Gasteiger partial charge in [-0.1, -0.05) is 25.5 Å². The number of hydrogen-bond donors (Lipinski definition) is 1. The van der Waals surface area contributed by atoms with Crippen LogP contribution in [0.4, 0.5) is 11.8 Å². The summed E-state index contributed by atoms with van der Waals surface area (Å²) in [5.74, 6) is 1.80. The molecule has 1 aromatic heterocycles. The molecule has 4 nitrogen and oxygen atoms in total. The first-order valence-electron chi connectivity index (χ1n) is 8.83. The van der Waals surface area contributed by atoms with Crippen molar-refractivity contribution in [2.75, 3.05) is 29.9 Å². The molecular weight excluding hydrogens is 272 g/mol. The van der Waals surface area contributed by atoms with E-state index in [0.29, 0.717) is 0 Å². The molecule has 1 heterocycles. The highest BCUT2D eigenvalue weighted by Gasteiger charge is 2.08. The van der Waals surface area contributed by atoms with E-state index >= 15 is 0 Å². The van der Waals surface area contributed by atoms with Crippen LogP contribution in [0.5, 0.6) is 0 Å². The number of allylic oxidation sites excluding steroid dienone is 1. The van der Waals surface area contributed by atoms with Crippen molar-refractivity contribution >= 4 is 11.8 Å². The van der Waals surface area contributed by atoms with Crippen molar-refractivity contribution in [3.05, 3.63) is 23.9 Å². The minimum absolute atomic E-state index is 0.756. The first-order chi connectivity index (χ1) is 10.8. The van der Waals surface area contributed by atoms with E-state index in [0.717, 1.165) is 50.7 Å². The van der Waals surface area contributed by atoms with Crippen LogP contribution in [0.3, 0.4) is 0 Å². The van der Waals surface area contributed by atoms with Crippen LogP contribution in [-0.4, -0.2) is 29.6 Å². The van der Waals surface area contributed by atoms with Gasteiger partial charge < -0.3 is 10.2 Å². The van der Waals surface area contributed by atoms with E-state index in [4.69, 9.17) is 0 Å². The van der Waals surface area contributed by atoms with Crippen LogP contribution < -0.4 is 10.2 Å². The Hall–Kier alpha value is -1.58. The average molecular weight is 302 g/mol. The lowest BCUT2D eigenvalue weighted by molar-refractivity contribution is 0.679. The van der Waals surface area contributed by atoms with Gasteiger partial charge in [0, 0.05) is 25.8 Å². The van der Waals surface area contributed by atoms with Gasteiger partial charge in [-0.05, 0) is 51.0 Å². The smallest absolute Gasteiger partial charge is 0.224 e. The Kier molecular flexibility index (Phi) is 7.20. The maximum atomic E-state index is 4.68. The number of hydrogen-bond acceptors (Lipinski definition) is 4. The molecule has 0 amide bonds. The average Bonchev–Trinajstić information content (AvgIpc) is 2.56. The van der Waals surface area contributed by atoms with Gasteiger partial charge in [0.05, 0.1) is 0 Å². The van der Waals surface area contributed by atoms with Crippen molar-refractivity contribution in [3.8, 4) is 0 Å². The molecular formula is C18H30N4. The number of aromatic nitrogens is 2. The van der Waals surface area contributed by atoms with Crippen molar-refractivity contribution in [1.29, 1.82) is 0 Å². The van der Waals surface area contributed by atoms with E-state index in [9.17, 15) is 0 Å². The topological polar surface area (TPSA) is 41.1 Å². The van der Waals surface area contributed by atoms with Crippen LogP contribution >= 0.6 is 0 Å². The third kappa shape index (κ3) is 5.32. The Labute approximate surface area is 135 Å². The van der Waals surface area contributed by atoms with Gasteiger partial charge in [0.15, 0.2) is 0 Å². The maximum absolute atomic E-state index is 4.68. The molecule has 1 aliphatic rings. The van der Waals surface area contributed by atoms with Crippen molar-refractivity contribution in [2.24, 2.45) is 0 Å². The second kappa shape index (κ2) is 9.44. The minimum atomic E-state index is 0.756. The molecule has 0 spiro atoms. The third-order valence-electron chi connectivity index (χ3n) is 4.07. The molecule has 4 heteroatoms. The summed E-state index contributed by atoms with van der Waals surface area (Å²) in [6, 6.07) is 2.01. The molecule has 1 aliphatic carbocycles. The Balaban J connectivity index is 1.88. The predicted octanol–water partition coefficient (Wildman–Crippen LogP) is 4.41. The molecule has 0 fully saturated rings. The monoisotopic (exact) mass is 302 g/mol. The van der Waals surface area contributed by atoms with Gasteiger partial charge in [-0.25, -0.2) is 4.98 Å². The van der Waals surface area contributed by atoms with Gasteiger partial charge in [0.1, 0.15) is 5.82 Å². The molecule has 1 N–H and O–H groups in total. The predicted molar refractivity (Wildman–Crippen MR) is 94.5 cm³/mol. The fourth-order valence-electron chi connectivity index (χ4n) is 2.96. The summed E-state index contributed by atoms with van der Waals surface area (Å²) in [7, 11) is 0. The zero-order chi connectivity index (χ0) is 15.6. The summed E-state index contributed by atoms with van der Waals surface area (Å²) in [5.41, 5.74) is 1.59. The fraction of sp³-hybridized carbons (Fsp3) is 0.667. The molecule has 0 saturated heterocycles. The molecule has 2 rings (SSSR count). The largest absolute Gasteiger partial charge is 0.356 e. The maximum Gasteiger partial charge on any atom is 0.224 e. The SMILES string of the molecule is CCCN(CCC)c1ccnc(NCCC2=CCCCC2)n1. The first-order valence-corrected chi connectivity index (χ1v) is 8.83. The van der Waals surface area contributed by atoms with Gasteiger partial charge in [0.2, 0.25) is 5.95 Å². The molecule has 0 aliphatic heterocycles. The zero-order valence-corrected chi connectivity index (χ0v) is 14.1. The van der Waals surface area contributed by atoms with Crippen LogP contribution in [0.1, 0.15) is 58.8 Å². The van der Waals surface area contributed by atoms with Crippen molar-refractivity contribution in [1.82, 2.24) is 9.97 Å². The Morgan fingerprint density at radius 2 is 2.00 bits per heavy atom. The Morgan fingerprint density at radius 3 is 2.68 bits per heavy atom. The van der Waals surface area contributed by atoms with E-state index in [2.05, 4.69) is 40.1 Å². The zero-order valence-electron chi connectivity index (χ0n) is 14.1. The lowest BCUT2D eigenvalue weighted by Gasteiger charge is -2.22. The van der Waals surface area contributed by atoms with Gasteiger partial charge in [-0.3, -0.25) is 0 Å². The van der Waals surface area contributed by atoms with Crippen molar-refractivity contribution in [3.63, 3.8) is 0 Å². The molecule has 0 aromatic carbocycles. The highest BCUT2D eigenvalue weighted by atomic mass is 15.2. The summed E-state index contributed by atoms with van der Waals surface area (Å²) in [6.45, 7) is 7.45. The van der Waals surface area contributed by atoms with Gasteiger partial charge >= 0.3 is 0 Å². The summed E-state index contributed by atoms with van der Waals surface area (Å²) in [6.07, 6.45) is 12.9. The Morgan fingerprint density at radius 1 is 1.18 bits per heavy atom. The molecule has 0 radical (unpaired) electrons. The summed E-state index contributed by atoms with van der Waals surface area (Å²) in [5, 5.41) is 3.38. The molecule has 0 unspecified atom stereocenters. The molecule has 0 saturated carbocycles. The van der Waals surface area contributed by atoms with Gasteiger partial charge in [-0.2, -0.15) is 4.98 Å². The third-order valence-corrected chi connectivity index (χ3v) is 4.07. The fourth-order valence-corrected chi connectivity index (χ4v) is 2.96. The molecule has 22 heavy (non-hydrogen) atoms. The number of anilines is 2. The first kappa shape index (κ1) is 16.8. The highest BCUT2D eigenvalue weighted by Crippen LogP contribution is 2.20. The molecule has 1 aromatic rings. The van der Waals surface area contributed by atoms with Crippen LogP contribution in [-0.2, 0) is 0 Å². The molecule has 122 valence electrons. The van der Waals surface area contributed by atoms with Gasteiger partial charge in [0.25, 0.3) is 0 Å². The summed E-state index contributed by atoms with van der Waals surface area (Å²) < 4.78 is 0. The van der Waals surface area contributed by atoms with Gasteiger partial charge in [-0.15, -0.1) is 0 Å². The van der Waals surface area contributed by atoms with Crippen LogP contribution in [0.2, 0.25) is 0 Å². The minimum Gasteiger partial charge on any atom is -0.356 e. The number of nitrogens with one attached hydrogen (secondary N) is 1. The number of rotatable bonds is 9. The van der Waals surface area contributed by atoms with E-state index in [1.807, 2.05) is 12.3 Å². The lowest BCUT2D eigenvalue weighted by atomic mass is 9.97. The van der Waals surface area contributed by atoms with Crippen LogP contribution in [0.15, 0.2) is 23.9 Å². The lowest BCUT2D eigenvalue weighted by Crippen LogP contribution is -2.26.